The molecule has 54 heavy (non-hydrogen) atoms. The average Bonchev–Trinajstić information content (AvgIpc) is 3.76. The molecule has 0 aliphatic rings. The number of benzene rings is 7. The van der Waals surface area contributed by atoms with E-state index in [1.165, 1.54) is 36.5 Å². The van der Waals surface area contributed by atoms with Gasteiger partial charge in [-0.1, -0.05) is 136 Å². The van der Waals surface area contributed by atoms with E-state index in [9.17, 15) is 0 Å². The third kappa shape index (κ3) is 5.48. The van der Waals surface area contributed by atoms with E-state index < -0.39 is 0 Å². The molecular weight excluding hydrogens is 677 g/mol. The zero-order chi connectivity index (χ0) is 36.4. The van der Waals surface area contributed by atoms with Gasteiger partial charge in [-0.2, -0.15) is 0 Å². The zero-order valence-corrected chi connectivity index (χ0v) is 31.1. The normalized spacial score (nSPS) is 12.0. The number of aromatic nitrogens is 4. The zero-order valence-electron chi connectivity index (χ0n) is 30.3. The topological polar surface area (TPSA) is 43.6 Å². The van der Waals surface area contributed by atoms with E-state index in [0.29, 0.717) is 17.5 Å². The van der Waals surface area contributed by atoms with Crippen LogP contribution in [0.3, 0.4) is 0 Å². The summed E-state index contributed by atoms with van der Waals surface area (Å²) in [6, 6.07) is 58.3. The van der Waals surface area contributed by atoms with Crippen molar-refractivity contribution in [1.82, 2.24) is 19.5 Å². The van der Waals surface area contributed by atoms with Gasteiger partial charge >= 0.3 is 0 Å². The molecule has 0 bridgehead atoms. The van der Waals surface area contributed by atoms with E-state index in [0.717, 1.165) is 44.5 Å². The number of hydrogen-bond donors (Lipinski definition) is 0. The Labute approximate surface area is 318 Å². The van der Waals surface area contributed by atoms with Crippen molar-refractivity contribution in [3.8, 4) is 51.0 Å². The van der Waals surface area contributed by atoms with E-state index in [2.05, 4.69) is 153 Å². The first-order chi connectivity index (χ1) is 26.4. The summed E-state index contributed by atoms with van der Waals surface area (Å²) < 4.78 is 4.97. The van der Waals surface area contributed by atoms with Crippen LogP contribution in [0.15, 0.2) is 164 Å². The van der Waals surface area contributed by atoms with Gasteiger partial charge in [-0.15, -0.1) is 11.3 Å². The molecule has 7 aromatic carbocycles. The quantitative estimate of drug-likeness (QED) is 0.178. The maximum atomic E-state index is 5.26. The molecule has 0 unspecified atom stereocenters. The summed E-state index contributed by atoms with van der Waals surface area (Å²) in [5.74, 6) is 1.90. The Morgan fingerprint density at radius 1 is 0.426 bits per heavy atom. The van der Waals surface area contributed by atoms with Crippen molar-refractivity contribution in [3.63, 3.8) is 0 Å². The smallest absolute Gasteiger partial charge is 0.166 e. The summed E-state index contributed by atoms with van der Waals surface area (Å²) in [5.41, 5.74) is 9.69. The number of fused-ring (bicyclic) bond motifs is 6. The van der Waals surface area contributed by atoms with Crippen LogP contribution in [0.4, 0.5) is 0 Å². The van der Waals surface area contributed by atoms with Crippen molar-refractivity contribution in [1.29, 1.82) is 0 Å². The second-order valence-corrected chi connectivity index (χ2v) is 16.0. The molecule has 0 aliphatic heterocycles. The number of hydrogen-bond acceptors (Lipinski definition) is 4. The minimum atomic E-state index is 0.0195. The molecule has 0 saturated carbocycles. The van der Waals surface area contributed by atoms with Crippen LogP contribution >= 0.6 is 11.3 Å². The lowest BCUT2D eigenvalue weighted by molar-refractivity contribution is 0.591. The molecule has 0 saturated heterocycles. The Hall–Kier alpha value is -6.43. The minimum Gasteiger partial charge on any atom is -0.309 e. The number of rotatable bonds is 5. The average molecular weight is 713 g/mol. The molecule has 10 aromatic rings. The summed E-state index contributed by atoms with van der Waals surface area (Å²) in [6.45, 7) is 6.82. The van der Waals surface area contributed by atoms with E-state index >= 15 is 0 Å². The maximum absolute atomic E-state index is 5.26. The fourth-order valence-electron chi connectivity index (χ4n) is 7.62. The Bertz CT molecular complexity index is 2970. The van der Waals surface area contributed by atoms with Gasteiger partial charge in [0.1, 0.15) is 0 Å². The first-order valence-corrected chi connectivity index (χ1v) is 19.2. The maximum Gasteiger partial charge on any atom is 0.166 e. The van der Waals surface area contributed by atoms with Crippen LogP contribution in [0.5, 0.6) is 0 Å². The summed E-state index contributed by atoms with van der Waals surface area (Å²) >= 11 is 1.84. The fourth-order valence-corrected chi connectivity index (χ4v) is 8.71. The van der Waals surface area contributed by atoms with Crippen molar-refractivity contribution < 1.29 is 0 Å². The highest BCUT2D eigenvalue weighted by Gasteiger charge is 2.22. The fraction of sp³-hybridized carbons (Fsp3) is 0.0816. The molecule has 10 rings (SSSR count). The first kappa shape index (κ1) is 32.2. The van der Waals surface area contributed by atoms with Crippen molar-refractivity contribution in [3.05, 3.63) is 169 Å². The molecular formula is C49H36N4S. The molecule has 258 valence electrons. The predicted molar refractivity (Wildman–Crippen MR) is 227 cm³/mol. The Kier molecular flexibility index (Phi) is 7.53. The number of thiophene rings is 1. The molecule has 4 nitrogen and oxygen atoms in total. The standard InChI is InChI=1S/C49H36N4S/c1-49(2,3)35-24-26-42-38(30-35)36-18-10-12-20-41(36)53(42)43-25-22-33(34-23-27-45-39(28-34)37-19-11-13-21-44(37)54-45)29-40(43)48-51-46(31-14-6-4-7-15-31)50-47(52-48)32-16-8-5-9-17-32/h4-30H,1-3H3. The molecule has 0 atom stereocenters. The van der Waals surface area contributed by atoms with Crippen LogP contribution in [0.2, 0.25) is 0 Å². The molecule has 3 aromatic heterocycles. The van der Waals surface area contributed by atoms with E-state index in [4.69, 9.17) is 15.0 Å². The molecule has 0 spiro atoms. The number of nitrogens with zero attached hydrogens (tertiary/aromatic N) is 4. The van der Waals surface area contributed by atoms with E-state index in [1.54, 1.807) is 0 Å². The molecule has 0 N–H and O–H groups in total. The van der Waals surface area contributed by atoms with Crippen molar-refractivity contribution in [2.24, 2.45) is 0 Å². The third-order valence-corrected chi connectivity index (χ3v) is 11.6. The van der Waals surface area contributed by atoms with Crippen LogP contribution in [0.1, 0.15) is 26.3 Å². The van der Waals surface area contributed by atoms with Gasteiger partial charge in [0, 0.05) is 47.6 Å². The molecule has 0 aliphatic carbocycles. The van der Waals surface area contributed by atoms with Crippen LogP contribution in [0, 0.1) is 0 Å². The van der Waals surface area contributed by atoms with Crippen LogP contribution in [-0.4, -0.2) is 19.5 Å². The Morgan fingerprint density at radius 3 is 1.72 bits per heavy atom. The molecule has 0 radical (unpaired) electrons. The third-order valence-electron chi connectivity index (χ3n) is 10.4. The van der Waals surface area contributed by atoms with Gasteiger partial charge in [-0.3, -0.25) is 0 Å². The Morgan fingerprint density at radius 2 is 1.00 bits per heavy atom. The van der Waals surface area contributed by atoms with Gasteiger partial charge in [0.2, 0.25) is 0 Å². The largest absolute Gasteiger partial charge is 0.309 e. The monoisotopic (exact) mass is 712 g/mol. The highest BCUT2D eigenvalue weighted by molar-refractivity contribution is 7.25. The summed E-state index contributed by atoms with van der Waals surface area (Å²) in [4.78, 5) is 15.6. The highest BCUT2D eigenvalue weighted by Crippen LogP contribution is 2.41. The summed E-state index contributed by atoms with van der Waals surface area (Å²) in [7, 11) is 0. The second-order valence-electron chi connectivity index (χ2n) is 14.9. The summed E-state index contributed by atoms with van der Waals surface area (Å²) in [6.07, 6.45) is 0. The SMILES string of the molecule is CC(C)(C)c1ccc2c(c1)c1ccccc1n2-c1ccc(-c2ccc3sc4ccccc4c3c2)cc1-c1nc(-c2ccccc2)nc(-c2ccccc2)n1. The van der Waals surface area contributed by atoms with Crippen molar-refractivity contribution >= 4 is 53.3 Å². The van der Waals surface area contributed by atoms with Gasteiger partial charge in [0.25, 0.3) is 0 Å². The van der Waals surface area contributed by atoms with Crippen LogP contribution < -0.4 is 0 Å². The molecule has 0 fully saturated rings. The highest BCUT2D eigenvalue weighted by atomic mass is 32.1. The van der Waals surface area contributed by atoms with Gasteiger partial charge in [0.15, 0.2) is 17.5 Å². The second kappa shape index (κ2) is 12.6. The van der Waals surface area contributed by atoms with E-state index in [1.807, 2.05) is 47.7 Å². The summed E-state index contributed by atoms with van der Waals surface area (Å²) in [5, 5.41) is 5.00. The predicted octanol–water partition coefficient (Wildman–Crippen LogP) is 13.3. The lowest BCUT2D eigenvalue weighted by atomic mass is 9.86. The first-order valence-electron chi connectivity index (χ1n) is 18.4. The van der Waals surface area contributed by atoms with Crippen molar-refractivity contribution in [2.75, 3.05) is 0 Å². The van der Waals surface area contributed by atoms with Crippen molar-refractivity contribution in [2.45, 2.75) is 26.2 Å². The lowest BCUT2D eigenvalue weighted by Crippen LogP contribution is -2.10. The number of para-hydroxylation sites is 1. The van der Waals surface area contributed by atoms with Gasteiger partial charge in [-0.25, -0.2) is 15.0 Å². The van der Waals surface area contributed by atoms with Gasteiger partial charge in [-0.05, 0) is 70.6 Å². The molecule has 3 heterocycles. The van der Waals surface area contributed by atoms with Gasteiger partial charge in [0.05, 0.1) is 16.7 Å². The lowest BCUT2D eigenvalue weighted by Gasteiger charge is -2.19. The van der Waals surface area contributed by atoms with Crippen LogP contribution in [-0.2, 0) is 5.41 Å². The van der Waals surface area contributed by atoms with Crippen LogP contribution in [0.25, 0.3) is 93.0 Å². The molecule has 0 amide bonds. The molecule has 5 heteroatoms. The van der Waals surface area contributed by atoms with Gasteiger partial charge < -0.3 is 4.57 Å². The van der Waals surface area contributed by atoms with E-state index in [-0.39, 0.29) is 5.41 Å². The minimum absolute atomic E-state index is 0.0195. The Balaban J connectivity index is 1.27.